The highest BCUT2D eigenvalue weighted by atomic mass is 16.3. The zero-order chi connectivity index (χ0) is 17.1. The summed E-state index contributed by atoms with van der Waals surface area (Å²) >= 11 is 0. The van der Waals surface area contributed by atoms with Gasteiger partial charge in [0.05, 0.1) is 17.4 Å². The van der Waals surface area contributed by atoms with Crippen LogP contribution in [0.5, 0.6) is 11.5 Å². The molecule has 7 N–H and O–H groups in total. The molecule has 0 aliphatic carbocycles. The summed E-state index contributed by atoms with van der Waals surface area (Å²) in [6.07, 6.45) is 5.27. The molecule has 0 bridgehead atoms. The van der Waals surface area contributed by atoms with E-state index in [1.54, 1.807) is 54.6 Å². The molecule has 1 unspecified atom stereocenters. The summed E-state index contributed by atoms with van der Waals surface area (Å²) in [6.45, 7) is 0. The third kappa shape index (κ3) is 3.26. The zero-order valence-electron chi connectivity index (χ0n) is 13.0. The molecule has 0 fully saturated rings. The maximum absolute atomic E-state index is 9.92. The molecule has 0 amide bonds. The molecule has 0 saturated heterocycles. The van der Waals surface area contributed by atoms with Crippen LogP contribution < -0.4 is 16.8 Å². The molecule has 5 heteroatoms. The molecule has 1 heterocycles. The SMILES string of the molecule is NC1=CC(N)C(=Cc2ccccc2O)NC1=Cc1ccccc1O. The van der Waals surface area contributed by atoms with Gasteiger partial charge in [-0.3, -0.25) is 0 Å². The zero-order valence-corrected chi connectivity index (χ0v) is 13.0. The van der Waals surface area contributed by atoms with Gasteiger partial charge in [0.25, 0.3) is 0 Å². The largest absolute Gasteiger partial charge is 0.507 e. The topological polar surface area (TPSA) is 105 Å². The third-order valence-electron chi connectivity index (χ3n) is 3.79. The van der Waals surface area contributed by atoms with Crippen molar-refractivity contribution in [1.82, 2.24) is 5.32 Å². The predicted molar refractivity (Wildman–Crippen MR) is 95.5 cm³/mol. The Bertz CT molecular complexity index is 853. The fourth-order valence-corrected chi connectivity index (χ4v) is 2.48. The van der Waals surface area contributed by atoms with E-state index in [0.717, 1.165) is 0 Å². The van der Waals surface area contributed by atoms with Gasteiger partial charge in [-0.1, -0.05) is 36.4 Å². The summed E-state index contributed by atoms with van der Waals surface area (Å²) < 4.78 is 0. The van der Waals surface area contributed by atoms with Gasteiger partial charge >= 0.3 is 0 Å². The van der Waals surface area contributed by atoms with Crippen LogP contribution in [0.25, 0.3) is 12.2 Å². The molecule has 2 aromatic carbocycles. The second kappa shape index (κ2) is 6.52. The quantitative estimate of drug-likeness (QED) is 0.583. The Hall–Kier alpha value is -3.18. The van der Waals surface area contributed by atoms with Gasteiger partial charge in [0, 0.05) is 16.8 Å². The second-order valence-corrected chi connectivity index (χ2v) is 5.55. The molecule has 24 heavy (non-hydrogen) atoms. The van der Waals surface area contributed by atoms with Gasteiger partial charge < -0.3 is 27.0 Å². The summed E-state index contributed by atoms with van der Waals surface area (Å²) in [6, 6.07) is 13.6. The van der Waals surface area contributed by atoms with E-state index >= 15 is 0 Å². The van der Waals surface area contributed by atoms with Gasteiger partial charge in [-0.15, -0.1) is 0 Å². The highest BCUT2D eigenvalue weighted by Gasteiger charge is 2.18. The van der Waals surface area contributed by atoms with Gasteiger partial charge in [-0.2, -0.15) is 0 Å². The number of hydrogen-bond donors (Lipinski definition) is 5. The number of phenols is 2. The summed E-state index contributed by atoms with van der Waals surface area (Å²) in [4.78, 5) is 0. The van der Waals surface area contributed by atoms with Crippen LogP contribution in [0.2, 0.25) is 0 Å². The van der Waals surface area contributed by atoms with E-state index in [2.05, 4.69) is 5.32 Å². The number of para-hydroxylation sites is 2. The van der Waals surface area contributed by atoms with E-state index in [1.165, 1.54) is 0 Å². The fourth-order valence-electron chi connectivity index (χ4n) is 2.48. The molecule has 3 rings (SSSR count). The van der Waals surface area contributed by atoms with Crippen LogP contribution in [0.15, 0.2) is 71.7 Å². The normalized spacial score (nSPS) is 20.7. The first-order valence-corrected chi connectivity index (χ1v) is 7.54. The van der Waals surface area contributed by atoms with Crippen molar-refractivity contribution in [3.05, 3.63) is 82.8 Å². The minimum absolute atomic E-state index is 0.167. The lowest BCUT2D eigenvalue weighted by molar-refractivity contribution is 0.473. The molecular weight excluding hydrogens is 302 g/mol. The summed E-state index contributed by atoms with van der Waals surface area (Å²) in [7, 11) is 0. The van der Waals surface area contributed by atoms with Crippen molar-refractivity contribution >= 4 is 12.2 Å². The smallest absolute Gasteiger partial charge is 0.122 e. The Balaban J connectivity index is 1.98. The molecule has 1 aliphatic heterocycles. The highest BCUT2D eigenvalue weighted by molar-refractivity contribution is 5.67. The first-order valence-electron chi connectivity index (χ1n) is 7.54. The number of nitrogens with two attached hydrogens (primary N) is 2. The van der Waals surface area contributed by atoms with E-state index in [0.29, 0.717) is 28.2 Å². The molecule has 2 aromatic rings. The lowest BCUT2D eigenvalue weighted by Gasteiger charge is -2.24. The van der Waals surface area contributed by atoms with Gasteiger partial charge in [0.1, 0.15) is 11.5 Å². The maximum Gasteiger partial charge on any atom is 0.122 e. The van der Waals surface area contributed by atoms with Crippen molar-refractivity contribution < 1.29 is 10.2 Å². The van der Waals surface area contributed by atoms with Crippen LogP contribution in [0.1, 0.15) is 11.1 Å². The highest BCUT2D eigenvalue weighted by Crippen LogP contribution is 2.25. The van der Waals surface area contributed by atoms with Crippen molar-refractivity contribution in [2.45, 2.75) is 6.04 Å². The van der Waals surface area contributed by atoms with Gasteiger partial charge in [-0.25, -0.2) is 0 Å². The molecule has 5 nitrogen and oxygen atoms in total. The Morgan fingerprint density at radius 3 is 2.00 bits per heavy atom. The Labute approximate surface area is 140 Å². The van der Waals surface area contributed by atoms with Gasteiger partial charge in [0.15, 0.2) is 0 Å². The first-order chi connectivity index (χ1) is 11.5. The number of rotatable bonds is 2. The summed E-state index contributed by atoms with van der Waals surface area (Å²) in [5, 5.41) is 23.0. The minimum atomic E-state index is -0.411. The molecule has 0 aromatic heterocycles. The third-order valence-corrected chi connectivity index (χ3v) is 3.79. The molecule has 122 valence electrons. The maximum atomic E-state index is 9.92. The Kier molecular flexibility index (Phi) is 4.26. The molecular formula is C19H19N3O2. The Morgan fingerprint density at radius 1 is 0.875 bits per heavy atom. The number of aromatic hydroxyl groups is 2. The number of benzene rings is 2. The van der Waals surface area contributed by atoms with E-state index < -0.39 is 6.04 Å². The van der Waals surface area contributed by atoms with Crippen molar-refractivity contribution in [2.24, 2.45) is 11.5 Å². The van der Waals surface area contributed by atoms with Crippen LogP contribution in [-0.4, -0.2) is 16.3 Å². The molecule has 0 radical (unpaired) electrons. The summed E-state index contributed by atoms with van der Waals surface area (Å²) in [5.41, 5.74) is 15.3. The van der Waals surface area contributed by atoms with Gasteiger partial charge in [0.2, 0.25) is 0 Å². The van der Waals surface area contributed by atoms with Crippen molar-refractivity contribution in [3.8, 4) is 11.5 Å². The monoisotopic (exact) mass is 321 g/mol. The van der Waals surface area contributed by atoms with E-state index in [4.69, 9.17) is 11.5 Å². The first kappa shape index (κ1) is 15.7. The predicted octanol–water partition coefficient (Wildman–Crippen LogP) is 2.25. The van der Waals surface area contributed by atoms with E-state index in [1.807, 2.05) is 12.1 Å². The number of hydrogen-bond acceptors (Lipinski definition) is 5. The van der Waals surface area contributed by atoms with Crippen molar-refractivity contribution in [2.75, 3.05) is 0 Å². The van der Waals surface area contributed by atoms with Crippen molar-refractivity contribution in [3.63, 3.8) is 0 Å². The molecule has 1 aliphatic rings. The van der Waals surface area contributed by atoms with Gasteiger partial charge in [-0.05, 0) is 30.4 Å². The molecule has 0 saturated carbocycles. The van der Waals surface area contributed by atoms with Crippen LogP contribution in [0.3, 0.4) is 0 Å². The number of phenolic OH excluding ortho intramolecular Hbond substituents is 2. The second-order valence-electron chi connectivity index (χ2n) is 5.55. The minimum Gasteiger partial charge on any atom is -0.507 e. The lowest BCUT2D eigenvalue weighted by atomic mass is 10.0. The average molecular weight is 321 g/mol. The molecule has 0 spiro atoms. The summed E-state index contributed by atoms with van der Waals surface area (Å²) in [5.74, 6) is 0.341. The van der Waals surface area contributed by atoms with Crippen molar-refractivity contribution in [1.29, 1.82) is 0 Å². The standard InChI is InChI=1S/C19H19N3O2/c20-14-11-15(21)17(10-13-6-2-4-8-19(13)24)22-16(14)9-12-5-1-3-7-18(12)23/h1-11,14,22-24H,20-21H2. The van der Waals surface area contributed by atoms with Crippen LogP contribution in [-0.2, 0) is 0 Å². The molecule has 1 atom stereocenters. The number of nitrogens with one attached hydrogen (secondary N) is 1. The average Bonchev–Trinajstić information content (AvgIpc) is 2.56. The van der Waals surface area contributed by atoms with Crippen LogP contribution >= 0.6 is 0 Å². The van der Waals surface area contributed by atoms with Crippen LogP contribution in [0.4, 0.5) is 0 Å². The Morgan fingerprint density at radius 2 is 1.42 bits per heavy atom. The van der Waals surface area contributed by atoms with Crippen LogP contribution in [0, 0.1) is 0 Å². The van der Waals surface area contributed by atoms with E-state index in [9.17, 15) is 10.2 Å². The fraction of sp³-hybridized carbons (Fsp3) is 0.0526. The lowest BCUT2D eigenvalue weighted by Crippen LogP contribution is -2.36. The van der Waals surface area contributed by atoms with E-state index in [-0.39, 0.29) is 11.5 Å².